The Labute approximate surface area is 95.5 Å². The van der Waals surface area contributed by atoms with Crippen molar-refractivity contribution in [3.63, 3.8) is 0 Å². The van der Waals surface area contributed by atoms with Gasteiger partial charge in [0.05, 0.1) is 6.61 Å². The molecule has 0 aliphatic heterocycles. The fraction of sp³-hybridized carbons (Fsp3) is 0.182. The lowest BCUT2D eigenvalue weighted by Crippen LogP contribution is -2.14. The van der Waals surface area contributed by atoms with E-state index in [1.807, 2.05) is 0 Å². The van der Waals surface area contributed by atoms with E-state index in [2.05, 4.69) is 4.98 Å². The summed E-state index contributed by atoms with van der Waals surface area (Å²) in [4.78, 5) is 27.8. The largest absolute Gasteiger partial charge is 0.462 e. The Hall–Kier alpha value is -1.75. The van der Waals surface area contributed by atoms with E-state index in [1.54, 1.807) is 25.3 Å². The first-order chi connectivity index (χ1) is 7.72. The molecule has 0 aromatic carbocycles. The first kappa shape index (κ1) is 10.8. The molecule has 0 amide bonds. The predicted octanol–water partition coefficient (Wildman–Crippen LogP) is 1.83. The van der Waals surface area contributed by atoms with Crippen LogP contribution in [0.2, 0.25) is 0 Å². The molecule has 2 rings (SSSR count). The number of fused-ring (bicyclic) bond motifs is 1. The summed E-state index contributed by atoms with van der Waals surface area (Å²) in [6.07, 6.45) is 1.61. The van der Waals surface area contributed by atoms with E-state index in [1.165, 1.54) is 6.07 Å². The molecule has 0 saturated carbocycles. The minimum absolute atomic E-state index is 0.0763. The lowest BCUT2D eigenvalue weighted by atomic mass is 10.2. The van der Waals surface area contributed by atoms with Gasteiger partial charge in [0.2, 0.25) is 4.74 Å². The molecule has 0 N–H and O–H groups in total. The van der Waals surface area contributed by atoms with Gasteiger partial charge in [0.1, 0.15) is 10.4 Å². The van der Waals surface area contributed by atoms with Gasteiger partial charge >= 0.3 is 5.97 Å². The van der Waals surface area contributed by atoms with Crippen LogP contribution >= 0.6 is 11.3 Å². The molecule has 0 aliphatic carbocycles. The summed E-state index contributed by atoms with van der Waals surface area (Å²) in [6.45, 7) is 1.96. The van der Waals surface area contributed by atoms with E-state index in [0.717, 1.165) is 16.7 Å². The Morgan fingerprint density at radius 3 is 3.12 bits per heavy atom. The molecule has 82 valence electrons. The topological polar surface area (TPSA) is 56.3 Å². The third kappa shape index (κ3) is 1.94. The maximum Gasteiger partial charge on any atom is 0.343 e. The highest BCUT2D eigenvalue weighted by Crippen LogP contribution is 2.14. The Kier molecular flexibility index (Phi) is 2.96. The molecular formula is C11H9NO3S. The molecule has 0 radical (unpaired) electrons. The predicted molar refractivity (Wildman–Crippen MR) is 61.8 cm³/mol. The molecular weight excluding hydrogens is 226 g/mol. The second-order valence-electron chi connectivity index (χ2n) is 3.07. The second kappa shape index (κ2) is 4.40. The SMILES string of the molecule is CCOC(=O)c1cc2cccnc2sc1=O. The fourth-order valence-electron chi connectivity index (χ4n) is 1.31. The van der Waals surface area contributed by atoms with Gasteiger partial charge in [-0.1, -0.05) is 17.4 Å². The summed E-state index contributed by atoms with van der Waals surface area (Å²) in [5.74, 6) is -0.575. The zero-order chi connectivity index (χ0) is 11.5. The number of aromatic nitrogens is 1. The number of ether oxygens (including phenoxy) is 1. The highest BCUT2D eigenvalue weighted by atomic mass is 32.1. The maximum absolute atomic E-state index is 11.6. The van der Waals surface area contributed by atoms with E-state index in [-0.39, 0.29) is 16.9 Å². The van der Waals surface area contributed by atoms with Crippen molar-refractivity contribution in [2.75, 3.05) is 6.61 Å². The van der Waals surface area contributed by atoms with Gasteiger partial charge in [-0.3, -0.25) is 4.79 Å². The summed E-state index contributed by atoms with van der Waals surface area (Å²) in [7, 11) is 0. The molecule has 0 saturated heterocycles. The number of rotatable bonds is 2. The van der Waals surface area contributed by atoms with Gasteiger partial charge in [0, 0.05) is 11.6 Å². The minimum atomic E-state index is -0.575. The van der Waals surface area contributed by atoms with Crippen LogP contribution in [0.15, 0.2) is 29.2 Å². The summed E-state index contributed by atoms with van der Waals surface area (Å²) >= 11 is 0.955. The van der Waals surface area contributed by atoms with E-state index < -0.39 is 5.97 Å². The van der Waals surface area contributed by atoms with Crippen LogP contribution in [0.25, 0.3) is 10.2 Å². The molecule has 5 heteroatoms. The summed E-state index contributed by atoms with van der Waals surface area (Å²) in [6, 6.07) is 5.09. The molecule has 2 aromatic heterocycles. The molecule has 0 atom stereocenters. The average Bonchev–Trinajstić information content (AvgIpc) is 2.28. The van der Waals surface area contributed by atoms with Crippen LogP contribution in [0.1, 0.15) is 17.3 Å². The van der Waals surface area contributed by atoms with Gasteiger partial charge in [-0.2, -0.15) is 0 Å². The third-order valence-corrected chi connectivity index (χ3v) is 2.94. The normalized spacial score (nSPS) is 10.3. The summed E-state index contributed by atoms with van der Waals surface area (Å²) < 4.78 is 4.49. The molecule has 0 unspecified atom stereocenters. The van der Waals surface area contributed by atoms with E-state index in [0.29, 0.717) is 4.83 Å². The quantitative estimate of drug-likeness (QED) is 0.745. The average molecular weight is 235 g/mol. The molecule has 0 spiro atoms. The molecule has 2 heterocycles. The van der Waals surface area contributed by atoms with Crippen molar-refractivity contribution in [3.05, 3.63) is 39.5 Å². The van der Waals surface area contributed by atoms with Crippen LogP contribution in [-0.2, 0) is 4.74 Å². The van der Waals surface area contributed by atoms with E-state index >= 15 is 0 Å². The lowest BCUT2D eigenvalue weighted by molar-refractivity contribution is 0.0525. The van der Waals surface area contributed by atoms with Crippen LogP contribution < -0.4 is 4.74 Å². The van der Waals surface area contributed by atoms with E-state index in [9.17, 15) is 9.59 Å². The second-order valence-corrected chi connectivity index (χ2v) is 4.03. The smallest absolute Gasteiger partial charge is 0.343 e. The van der Waals surface area contributed by atoms with Crippen molar-refractivity contribution in [2.24, 2.45) is 0 Å². The highest BCUT2D eigenvalue weighted by molar-refractivity contribution is 7.16. The number of hydrogen-bond donors (Lipinski definition) is 0. The summed E-state index contributed by atoms with van der Waals surface area (Å²) in [5, 5.41) is 0.773. The number of esters is 1. The zero-order valence-electron chi connectivity index (χ0n) is 8.60. The minimum Gasteiger partial charge on any atom is -0.462 e. The Morgan fingerprint density at radius 2 is 2.38 bits per heavy atom. The molecule has 16 heavy (non-hydrogen) atoms. The highest BCUT2D eigenvalue weighted by Gasteiger charge is 2.12. The van der Waals surface area contributed by atoms with Gasteiger partial charge in [-0.15, -0.1) is 0 Å². The zero-order valence-corrected chi connectivity index (χ0v) is 9.41. The molecule has 0 fully saturated rings. The van der Waals surface area contributed by atoms with Crippen molar-refractivity contribution < 1.29 is 9.53 Å². The first-order valence-electron chi connectivity index (χ1n) is 4.78. The van der Waals surface area contributed by atoms with Gasteiger partial charge in [-0.25, -0.2) is 9.78 Å². The summed E-state index contributed by atoms with van der Waals surface area (Å²) in [5.41, 5.74) is 0.0763. The Balaban J connectivity index is 2.58. The Morgan fingerprint density at radius 1 is 1.56 bits per heavy atom. The van der Waals surface area contributed by atoms with Crippen LogP contribution in [0.5, 0.6) is 0 Å². The lowest BCUT2D eigenvalue weighted by Gasteiger charge is -2.01. The molecule has 0 aliphatic rings. The van der Waals surface area contributed by atoms with Crippen molar-refractivity contribution in [1.29, 1.82) is 0 Å². The van der Waals surface area contributed by atoms with E-state index in [4.69, 9.17) is 4.74 Å². The third-order valence-electron chi connectivity index (χ3n) is 2.01. The van der Waals surface area contributed by atoms with Crippen LogP contribution in [0, 0.1) is 0 Å². The number of carbonyl (C=O) groups is 1. The fourth-order valence-corrected chi connectivity index (χ4v) is 2.09. The standard InChI is InChI=1S/C11H9NO3S/c1-2-15-10(13)8-6-7-4-3-5-12-9(7)16-11(8)14/h3-6H,2H2,1H3. The van der Waals surface area contributed by atoms with Gasteiger partial charge < -0.3 is 4.74 Å². The molecule has 2 aromatic rings. The number of hydrogen-bond acceptors (Lipinski definition) is 5. The Bertz CT molecular complexity index is 591. The van der Waals surface area contributed by atoms with Crippen molar-refractivity contribution >= 4 is 27.5 Å². The van der Waals surface area contributed by atoms with Gasteiger partial charge in [-0.05, 0) is 19.1 Å². The monoisotopic (exact) mass is 235 g/mol. The molecule has 0 bridgehead atoms. The van der Waals surface area contributed by atoms with Crippen molar-refractivity contribution in [3.8, 4) is 0 Å². The first-order valence-corrected chi connectivity index (χ1v) is 5.60. The van der Waals surface area contributed by atoms with Crippen LogP contribution in [-0.4, -0.2) is 17.6 Å². The number of carbonyl (C=O) groups excluding carboxylic acids is 1. The number of nitrogens with zero attached hydrogens (tertiary/aromatic N) is 1. The van der Waals surface area contributed by atoms with Crippen LogP contribution in [0.4, 0.5) is 0 Å². The van der Waals surface area contributed by atoms with Crippen molar-refractivity contribution in [1.82, 2.24) is 4.98 Å². The number of pyridine rings is 1. The van der Waals surface area contributed by atoms with Crippen LogP contribution in [0.3, 0.4) is 0 Å². The maximum atomic E-state index is 11.6. The van der Waals surface area contributed by atoms with Gasteiger partial charge in [0.25, 0.3) is 0 Å². The van der Waals surface area contributed by atoms with Crippen molar-refractivity contribution in [2.45, 2.75) is 6.92 Å². The molecule has 4 nitrogen and oxygen atoms in total. The van der Waals surface area contributed by atoms with Gasteiger partial charge in [0.15, 0.2) is 0 Å².